The van der Waals surface area contributed by atoms with Crippen molar-refractivity contribution in [2.75, 3.05) is 38.8 Å². The monoisotopic (exact) mass is 455 g/mol. The molecule has 182 valence electrons. The summed E-state index contributed by atoms with van der Waals surface area (Å²) in [6, 6.07) is -0.255. The standard InChI is InChI=1S/C25H49N3O2S/c1-4-5-6-7-8-9-10-11-12-15-18-24(29)28-22-31-21-23(28)25(30)27(3)20-17-14-13-16-19-26-2/h23,26H,4-22H2,1-3H3. The van der Waals surface area contributed by atoms with E-state index in [9.17, 15) is 9.59 Å². The number of rotatable bonds is 19. The maximum Gasteiger partial charge on any atom is 0.246 e. The molecule has 1 aliphatic heterocycles. The number of nitrogens with zero attached hydrogens (tertiary/aromatic N) is 2. The Morgan fingerprint density at radius 1 is 0.903 bits per heavy atom. The minimum absolute atomic E-state index is 0.122. The first-order chi connectivity index (χ1) is 15.1. The summed E-state index contributed by atoms with van der Waals surface area (Å²) in [4.78, 5) is 29.3. The van der Waals surface area contributed by atoms with Crippen LogP contribution < -0.4 is 5.32 Å². The van der Waals surface area contributed by atoms with E-state index in [0.717, 1.165) is 44.5 Å². The number of carbonyl (C=O) groups is 2. The van der Waals surface area contributed by atoms with Gasteiger partial charge in [0.1, 0.15) is 6.04 Å². The van der Waals surface area contributed by atoms with Crippen LogP contribution in [0.2, 0.25) is 0 Å². The highest BCUT2D eigenvalue weighted by atomic mass is 32.2. The average molecular weight is 456 g/mol. The first-order valence-corrected chi connectivity index (χ1v) is 14.0. The van der Waals surface area contributed by atoms with Crippen molar-refractivity contribution in [2.45, 2.75) is 109 Å². The van der Waals surface area contributed by atoms with Crippen LogP contribution in [0.1, 0.15) is 103 Å². The van der Waals surface area contributed by atoms with Crippen LogP contribution in [0.5, 0.6) is 0 Å². The summed E-state index contributed by atoms with van der Waals surface area (Å²) < 4.78 is 0. The molecular formula is C25H49N3O2S. The van der Waals surface area contributed by atoms with Crippen molar-refractivity contribution < 1.29 is 9.59 Å². The van der Waals surface area contributed by atoms with E-state index >= 15 is 0 Å². The molecule has 2 amide bonds. The number of carbonyl (C=O) groups excluding carboxylic acids is 2. The van der Waals surface area contributed by atoms with Gasteiger partial charge in [-0.1, -0.05) is 77.6 Å². The van der Waals surface area contributed by atoms with Gasteiger partial charge in [0.25, 0.3) is 0 Å². The van der Waals surface area contributed by atoms with E-state index in [1.807, 2.05) is 23.9 Å². The molecule has 0 aromatic heterocycles. The Morgan fingerprint density at radius 2 is 1.48 bits per heavy atom. The first kappa shape index (κ1) is 28.3. The first-order valence-electron chi connectivity index (χ1n) is 12.9. The van der Waals surface area contributed by atoms with Gasteiger partial charge in [-0.05, 0) is 32.9 Å². The van der Waals surface area contributed by atoms with Gasteiger partial charge in [-0.25, -0.2) is 0 Å². The molecule has 1 rings (SSSR count). The molecule has 1 fully saturated rings. The quantitative estimate of drug-likeness (QED) is 0.264. The molecule has 0 aromatic carbocycles. The molecule has 0 aliphatic carbocycles. The smallest absolute Gasteiger partial charge is 0.246 e. The van der Waals surface area contributed by atoms with Crippen LogP contribution in [0.15, 0.2) is 0 Å². The van der Waals surface area contributed by atoms with E-state index in [4.69, 9.17) is 0 Å². The third-order valence-corrected chi connectivity index (χ3v) is 7.29. The highest BCUT2D eigenvalue weighted by Gasteiger charge is 2.35. The van der Waals surface area contributed by atoms with E-state index < -0.39 is 0 Å². The molecule has 0 bridgehead atoms. The molecule has 0 radical (unpaired) electrons. The van der Waals surface area contributed by atoms with E-state index in [-0.39, 0.29) is 17.9 Å². The second-order valence-corrected chi connectivity index (χ2v) is 10.1. The van der Waals surface area contributed by atoms with Gasteiger partial charge in [-0.2, -0.15) is 0 Å². The van der Waals surface area contributed by atoms with Gasteiger partial charge in [0.2, 0.25) is 11.8 Å². The zero-order valence-corrected chi connectivity index (χ0v) is 21.4. The SMILES string of the molecule is CCCCCCCCCCCCC(=O)N1CSCC1C(=O)N(C)CCCCCCNC. The maximum absolute atomic E-state index is 12.9. The van der Waals surface area contributed by atoms with Gasteiger partial charge in [0.15, 0.2) is 0 Å². The molecule has 1 heterocycles. The number of unbranched alkanes of at least 4 members (excludes halogenated alkanes) is 12. The largest absolute Gasteiger partial charge is 0.344 e. The highest BCUT2D eigenvalue weighted by Crippen LogP contribution is 2.24. The Kier molecular flexibility index (Phi) is 17.1. The molecule has 0 saturated carbocycles. The molecule has 1 atom stereocenters. The summed E-state index contributed by atoms with van der Waals surface area (Å²) in [5.74, 6) is 1.71. The summed E-state index contributed by atoms with van der Waals surface area (Å²) in [7, 11) is 3.87. The molecule has 1 aliphatic rings. The molecule has 1 unspecified atom stereocenters. The van der Waals surface area contributed by atoms with Crippen LogP contribution in [0.25, 0.3) is 0 Å². The maximum atomic E-state index is 12.9. The molecule has 5 nitrogen and oxygen atoms in total. The average Bonchev–Trinajstić information content (AvgIpc) is 3.26. The Balaban J connectivity index is 2.17. The summed E-state index contributed by atoms with van der Waals surface area (Å²) in [5, 5.41) is 3.17. The number of thioether (sulfide) groups is 1. The topological polar surface area (TPSA) is 52.7 Å². The number of hydrogen-bond acceptors (Lipinski definition) is 4. The molecule has 0 spiro atoms. The van der Waals surface area contributed by atoms with E-state index in [1.165, 1.54) is 64.2 Å². The van der Waals surface area contributed by atoms with Crippen molar-refractivity contribution in [2.24, 2.45) is 0 Å². The van der Waals surface area contributed by atoms with Gasteiger partial charge < -0.3 is 15.1 Å². The van der Waals surface area contributed by atoms with Crippen molar-refractivity contribution >= 4 is 23.6 Å². The summed E-state index contributed by atoms with van der Waals surface area (Å²) in [6.07, 6.45) is 17.9. The van der Waals surface area contributed by atoms with Crippen molar-refractivity contribution in [1.29, 1.82) is 0 Å². The van der Waals surface area contributed by atoms with Crippen LogP contribution in [0.3, 0.4) is 0 Å². The summed E-state index contributed by atoms with van der Waals surface area (Å²) >= 11 is 1.71. The summed E-state index contributed by atoms with van der Waals surface area (Å²) in [6.45, 7) is 4.11. The second kappa shape index (κ2) is 18.8. The van der Waals surface area contributed by atoms with Crippen molar-refractivity contribution in [3.8, 4) is 0 Å². The number of hydrogen-bond donors (Lipinski definition) is 1. The normalized spacial score (nSPS) is 16.1. The Hall–Kier alpha value is -0.750. The van der Waals surface area contributed by atoms with Crippen LogP contribution in [0.4, 0.5) is 0 Å². The predicted molar refractivity (Wildman–Crippen MR) is 134 cm³/mol. The van der Waals surface area contributed by atoms with E-state index in [2.05, 4.69) is 12.2 Å². The molecule has 0 aromatic rings. The van der Waals surface area contributed by atoms with Crippen LogP contribution in [-0.4, -0.2) is 66.5 Å². The molecule has 6 heteroatoms. The minimum atomic E-state index is -0.255. The minimum Gasteiger partial charge on any atom is -0.344 e. The fourth-order valence-corrected chi connectivity index (χ4v) is 5.34. The molecule has 1 saturated heterocycles. The lowest BCUT2D eigenvalue weighted by molar-refractivity contribution is -0.142. The van der Waals surface area contributed by atoms with E-state index in [1.54, 1.807) is 11.8 Å². The fourth-order valence-electron chi connectivity index (χ4n) is 4.17. The molecular weight excluding hydrogens is 406 g/mol. The lowest BCUT2D eigenvalue weighted by Crippen LogP contribution is -2.48. The van der Waals surface area contributed by atoms with Gasteiger partial charge in [-0.3, -0.25) is 9.59 Å². The van der Waals surface area contributed by atoms with Gasteiger partial charge >= 0.3 is 0 Å². The van der Waals surface area contributed by atoms with Crippen molar-refractivity contribution in [3.05, 3.63) is 0 Å². The Bertz CT molecular complexity index is 476. The predicted octanol–water partition coefficient (Wildman–Crippen LogP) is 5.44. The van der Waals surface area contributed by atoms with Crippen molar-refractivity contribution in [1.82, 2.24) is 15.1 Å². The number of amides is 2. The van der Waals surface area contributed by atoms with Crippen LogP contribution >= 0.6 is 11.8 Å². The molecule has 31 heavy (non-hydrogen) atoms. The fraction of sp³-hybridized carbons (Fsp3) is 0.920. The van der Waals surface area contributed by atoms with E-state index in [0.29, 0.717) is 12.3 Å². The second-order valence-electron chi connectivity index (χ2n) is 9.09. The number of likely N-dealkylation sites (N-methyl/N-ethyl adjacent to an activating group) is 1. The van der Waals surface area contributed by atoms with Crippen molar-refractivity contribution in [3.63, 3.8) is 0 Å². The zero-order chi connectivity index (χ0) is 22.7. The van der Waals surface area contributed by atoms with Crippen LogP contribution in [-0.2, 0) is 9.59 Å². The third-order valence-electron chi connectivity index (χ3n) is 6.28. The number of nitrogens with one attached hydrogen (secondary N) is 1. The lowest BCUT2D eigenvalue weighted by Gasteiger charge is -2.27. The highest BCUT2D eigenvalue weighted by molar-refractivity contribution is 7.99. The van der Waals surface area contributed by atoms with Gasteiger partial charge in [0, 0.05) is 25.8 Å². The molecule has 1 N–H and O–H groups in total. The summed E-state index contributed by atoms with van der Waals surface area (Å²) in [5.41, 5.74) is 0. The van der Waals surface area contributed by atoms with Crippen LogP contribution in [0, 0.1) is 0 Å². The van der Waals surface area contributed by atoms with Gasteiger partial charge in [0.05, 0.1) is 5.88 Å². The van der Waals surface area contributed by atoms with Gasteiger partial charge in [-0.15, -0.1) is 11.8 Å². The zero-order valence-electron chi connectivity index (χ0n) is 20.6. The third kappa shape index (κ3) is 12.8. The Labute approximate surface area is 196 Å². The lowest BCUT2D eigenvalue weighted by atomic mass is 10.1. The Morgan fingerprint density at radius 3 is 2.13 bits per heavy atom.